The molecule has 0 aliphatic heterocycles. The number of carbonyl (C=O) groups is 1. The minimum absolute atomic E-state index is 0.0606. The molecule has 0 saturated heterocycles. The lowest BCUT2D eigenvalue weighted by atomic mass is 9.97. The highest BCUT2D eigenvalue weighted by molar-refractivity contribution is 6.00. The van der Waals surface area contributed by atoms with E-state index in [-0.39, 0.29) is 5.91 Å². The van der Waals surface area contributed by atoms with Crippen molar-refractivity contribution in [1.29, 1.82) is 0 Å². The first-order valence-corrected chi connectivity index (χ1v) is 10.1. The molecule has 1 aliphatic rings. The number of benzene rings is 2. The molecule has 0 atom stereocenters. The van der Waals surface area contributed by atoms with Gasteiger partial charge in [0.1, 0.15) is 0 Å². The van der Waals surface area contributed by atoms with Crippen LogP contribution in [-0.4, -0.2) is 22.6 Å². The average Bonchev–Trinajstić information content (AvgIpc) is 3.26. The molecule has 1 amide bonds. The molecule has 1 aliphatic carbocycles. The molecule has 1 aromatic heterocycles. The van der Waals surface area contributed by atoms with Crippen molar-refractivity contribution in [3.8, 4) is 22.5 Å². The lowest BCUT2D eigenvalue weighted by Gasteiger charge is -2.13. The van der Waals surface area contributed by atoms with Crippen molar-refractivity contribution in [1.82, 2.24) is 15.5 Å². The van der Waals surface area contributed by atoms with E-state index in [1.807, 2.05) is 60.7 Å². The Morgan fingerprint density at radius 1 is 1.10 bits per heavy atom. The molecule has 146 valence electrons. The zero-order valence-corrected chi connectivity index (χ0v) is 16.6. The Morgan fingerprint density at radius 2 is 1.90 bits per heavy atom. The fourth-order valence-corrected chi connectivity index (χ4v) is 3.66. The van der Waals surface area contributed by atoms with E-state index >= 15 is 0 Å². The molecule has 0 radical (unpaired) electrons. The van der Waals surface area contributed by atoms with Crippen molar-refractivity contribution in [2.75, 3.05) is 6.54 Å². The van der Waals surface area contributed by atoms with Crippen molar-refractivity contribution in [3.05, 3.63) is 89.5 Å². The molecule has 1 heterocycles. The molecule has 0 fully saturated rings. The van der Waals surface area contributed by atoms with Gasteiger partial charge in [-0.25, -0.2) is 0 Å². The van der Waals surface area contributed by atoms with E-state index in [0.29, 0.717) is 12.1 Å². The second kappa shape index (κ2) is 8.74. The van der Waals surface area contributed by atoms with Gasteiger partial charge < -0.3 is 5.32 Å². The van der Waals surface area contributed by atoms with Gasteiger partial charge in [0, 0.05) is 23.2 Å². The van der Waals surface area contributed by atoms with Crippen LogP contribution < -0.4 is 5.32 Å². The number of aromatic nitrogens is 2. The van der Waals surface area contributed by atoms with Crippen LogP contribution >= 0.6 is 0 Å². The Hall–Kier alpha value is -3.40. The molecule has 3 aromatic rings. The van der Waals surface area contributed by atoms with E-state index < -0.39 is 0 Å². The highest BCUT2D eigenvalue weighted by Gasteiger charge is 2.15. The number of H-pyrrole nitrogens is 1. The number of hydrogen-bond donors (Lipinski definition) is 2. The molecule has 0 spiro atoms. The number of aromatic amines is 1. The van der Waals surface area contributed by atoms with Crippen LogP contribution in [0.4, 0.5) is 0 Å². The highest BCUT2D eigenvalue weighted by atomic mass is 16.1. The van der Waals surface area contributed by atoms with E-state index in [1.165, 1.54) is 11.1 Å². The lowest BCUT2D eigenvalue weighted by Crippen LogP contribution is -2.25. The topological polar surface area (TPSA) is 57.8 Å². The molecule has 4 nitrogen and oxygen atoms in total. The standard InChI is InChI=1S/C25H25N3O/c1-18-9-5-6-10-19(18)15-16-26-25(29)22-14-8-7-13-21(22)24-17-23(27-28-24)20-11-3-2-4-12-20/h2-4,6-8,10-14,17H,5,9,15-16H2,1H3,(H,26,29)(H,27,28). The van der Waals surface area contributed by atoms with Crippen molar-refractivity contribution in [2.45, 2.75) is 26.2 Å². The summed E-state index contributed by atoms with van der Waals surface area (Å²) in [5, 5.41) is 10.6. The van der Waals surface area contributed by atoms with Crippen LogP contribution in [0, 0.1) is 0 Å². The maximum Gasteiger partial charge on any atom is 0.251 e. The quantitative estimate of drug-likeness (QED) is 0.588. The number of carbonyl (C=O) groups excluding carboxylic acids is 1. The summed E-state index contributed by atoms with van der Waals surface area (Å²) in [7, 11) is 0. The zero-order valence-electron chi connectivity index (χ0n) is 16.6. The number of hydrogen-bond acceptors (Lipinski definition) is 2. The number of rotatable bonds is 6. The van der Waals surface area contributed by atoms with Crippen molar-refractivity contribution in [2.24, 2.45) is 0 Å². The van der Waals surface area contributed by atoms with Crippen LogP contribution in [0.5, 0.6) is 0 Å². The molecule has 0 saturated carbocycles. The van der Waals surface area contributed by atoms with E-state index in [2.05, 4.69) is 34.6 Å². The van der Waals surface area contributed by atoms with Gasteiger partial charge in [-0.1, -0.05) is 66.3 Å². The van der Waals surface area contributed by atoms with Crippen molar-refractivity contribution < 1.29 is 4.79 Å². The number of amides is 1. The molecular formula is C25H25N3O. The number of nitrogens with one attached hydrogen (secondary N) is 2. The van der Waals surface area contributed by atoms with Gasteiger partial charge >= 0.3 is 0 Å². The van der Waals surface area contributed by atoms with Crippen LogP contribution in [-0.2, 0) is 0 Å². The van der Waals surface area contributed by atoms with Gasteiger partial charge in [-0.15, -0.1) is 0 Å². The largest absolute Gasteiger partial charge is 0.352 e. The Bertz CT molecular complexity index is 1060. The fourth-order valence-electron chi connectivity index (χ4n) is 3.66. The van der Waals surface area contributed by atoms with Crippen LogP contribution in [0.2, 0.25) is 0 Å². The Balaban J connectivity index is 1.49. The summed E-state index contributed by atoms with van der Waals surface area (Å²) in [6, 6.07) is 19.6. The summed E-state index contributed by atoms with van der Waals surface area (Å²) < 4.78 is 0. The van der Waals surface area contributed by atoms with Crippen LogP contribution in [0.25, 0.3) is 22.5 Å². The summed E-state index contributed by atoms with van der Waals surface area (Å²) in [6.07, 6.45) is 7.49. The first-order chi connectivity index (χ1) is 14.2. The number of nitrogens with zero attached hydrogens (tertiary/aromatic N) is 1. The SMILES string of the molecule is CC1=C(CCNC(=O)c2ccccc2-c2cc(-c3ccccc3)n[nH]2)C=CCC1. The van der Waals surface area contributed by atoms with Gasteiger partial charge in [-0.3, -0.25) is 9.89 Å². The van der Waals surface area contributed by atoms with Gasteiger partial charge in [0.25, 0.3) is 5.91 Å². The van der Waals surface area contributed by atoms with Crippen molar-refractivity contribution >= 4 is 5.91 Å². The van der Waals surface area contributed by atoms with Crippen LogP contribution in [0.3, 0.4) is 0 Å². The van der Waals surface area contributed by atoms with Crippen LogP contribution in [0.15, 0.2) is 84.0 Å². The molecule has 0 bridgehead atoms. The molecule has 29 heavy (non-hydrogen) atoms. The Labute approximate surface area is 171 Å². The van der Waals surface area contributed by atoms with Crippen LogP contribution in [0.1, 0.15) is 36.5 Å². The first-order valence-electron chi connectivity index (χ1n) is 10.1. The molecule has 4 heteroatoms. The molecule has 4 rings (SSSR count). The Kier molecular flexibility index (Phi) is 5.71. The first kappa shape index (κ1) is 18.9. The van der Waals surface area contributed by atoms with Crippen molar-refractivity contribution in [3.63, 3.8) is 0 Å². The minimum Gasteiger partial charge on any atom is -0.352 e. The van der Waals surface area contributed by atoms with E-state index in [9.17, 15) is 4.79 Å². The average molecular weight is 383 g/mol. The van der Waals surface area contributed by atoms with E-state index in [0.717, 1.165) is 41.8 Å². The van der Waals surface area contributed by atoms with E-state index in [1.54, 1.807) is 0 Å². The molecular weight excluding hydrogens is 358 g/mol. The second-order valence-corrected chi connectivity index (χ2v) is 7.33. The summed E-state index contributed by atoms with van der Waals surface area (Å²) in [5.74, 6) is -0.0606. The summed E-state index contributed by atoms with van der Waals surface area (Å²) in [6.45, 7) is 2.81. The third kappa shape index (κ3) is 4.37. The van der Waals surface area contributed by atoms with Gasteiger partial charge in [-0.05, 0) is 43.9 Å². The number of allylic oxidation sites excluding steroid dienone is 3. The molecule has 2 aromatic carbocycles. The zero-order chi connectivity index (χ0) is 20.1. The second-order valence-electron chi connectivity index (χ2n) is 7.33. The van der Waals surface area contributed by atoms with E-state index in [4.69, 9.17) is 0 Å². The monoisotopic (exact) mass is 383 g/mol. The third-order valence-corrected chi connectivity index (χ3v) is 5.34. The van der Waals surface area contributed by atoms with Gasteiger partial charge in [-0.2, -0.15) is 5.10 Å². The third-order valence-electron chi connectivity index (χ3n) is 5.34. The maximum absolute atomic E-state index is 12.9. The summed E-state index contributed by atoms with van der Waals surface area (Å²) in [5.41, 5.74) is 7.01. The molecule has 2 N–H and O–H groups in total. The normalized spacial score (nSPS) is 13.6. The van der Waals surface area contributed by atoms with Gasteiger partial charge in [0.2, 0.25) is 0 Å². The predicted molar refractivity (Wildman–Crippen MR) is 117 cm³/mol. The lowest BCUT2D eigenvalue weighted by molar-refractivity contribution is 0.0955. The van der Waals surface area contributed by atoms with Gasteiger partial charge in [0.15, 0.2) is 0 Å². The maximum atomic E-state index is 12.9. The summed E-state index contributed by atoms with van der Waals surface area (Å²) >= 11 is 0. The summed E-state index contributed by atoms with van der Waals surface area (Å²) in [4.78, 5) is 12.9. The molecule has 0 unspecified atom stereocenters. The van der Waals surface area contributed by atoms with Gasteiger partial charge in [0.05, 0.1) is 11.4 Å². The fraction of sp³-hybridized carbons (Fsp3) is 0.200. The minimum atomic E-state index is -0.0606. The predicted octanol–water partition coefficient (Wildman–Crippen LogP) is 5.53. The Morgan fingerprint density at radius 3 is 2.72 bits per heavy atom. The highest BCUT2D eigenvalue weighted by Crippen LogP contribution is 2.26. The smallest absolute Gasteiger partial charge is 0.251 e.